The molecule has 2 aromatic rings. The molecule has 0 saturated heterocycles. The lowest BCUT2D eigenvalue weighted by molar-refractivity contribution is 0.424. The van der Waals surface area contributed by atoms with Crippen molar-refractivity contribution in [2.45, 2.75) is 56.6 Å². The van der Waals surface area contributed by atoms with Crippen LogP contribution in [-0.2, 0) is 6.54 Å². The van der Waals surface area contributed by atoms with E-state index in [1.807, 2.05) is 6.20 Å². The summed E-state index contributed by atoms with van der Waals surface area (Å²) in [5, 5.41) is 4.51. The number of nitrogens with zero attached hydrogens (tertiary/aromatic N) is 1. The number of benzene rings is 1. The van der Waals surface area contributed by atoms with E-state index in [4.69, 9.17) is 0 Å². The molecule has 0 saturated carbocycles. The predicted octanol–water partition coefficient (Wildman–Crippen LogP) is 4.74. The SMILES string of the molecule is Cc1ccc(Sc2ccc(CNC(C)(C)C)cn2)cc1C. The van der Waals surface area contributed by atoms with Crippen molar-refractivity contribution in [3.05, 3.63) is 53.2 Å². The Morgan fingerprint density at radius 2 is 1.81 bits per heavy atom. The van der Waals surface area contributed by atoms with Crippen LogP contribution in [0.4, 0.5) is 0 Å². The highest BCUT2D eigenvalue weighted by molar-refractivity contribution is 7.99. The molecular weight excluding hydrogens is 276 g/mol. The van der Waals surface area contributed by atoms with Crippen LogP contribution in [0, 0.1) is 13.8 Å². The van der Waals surface area contributed by atoms with Crippen LogP contribution in [0.15, 0.2) is 46.5 Å². The molecule has 0 fully saturated rings. The van der Waals surface area contributed by atoms with Crippen LogP contribution in [0.2, 0.25) is 0 Å². The second kappa shape index (κ2) is 6.63. The number of nitrogens with one attached hydrogen (secondary N) is 1. The van der Waals surface area contributed by atoms with Gasteiger partial charge in [-0.1, -0.05) is 23.9 Å². The Morgan fingerprint density at radius 1 is 1.05 bits per heavy atom. The van der Waals surface area contributed by atoms with E-state index in [2.05, 4.69) is 75.3 Å². The quantitative estimate of drug-likeness (QED) is 0.883. The maximum absolute atomic E-state index is 4.55. The molecule has 0 aliphatic carbocycles. The van der Waals surface area contributed by atoms with E-state index in [1.54, 1.807) is 11.8 Å². The van der Waals surface area contributed by atoms with Gasteiger partial charge in [-0.15, -0.1) is 0 Å². The van der Waals surface area contributed by atoms with Crippen molar-refractivity contribution in [1.82, 2.24) is 10.3 Å². The van der Waals surface area contributed by atoms with Crippen LogP contribution in [0.5, 0.6) is 0 Å². The monoisotopic (exact) mass is 300 g/mol. The smallest absolute Gasteiger partial charge is 0.101 e. The maximum atomic E-state index is 4.55. The molecule has 0 amide bonds. The molecule has 0 bridgehead atoms. The largest absolute Gasteiger partial charge is 0.308 e. The molecular formula is C18H24N2S. The van der Waals surface area contributed by atoms with Crippen LogP contribution in [-0.4, -0.2) is 10.5 Å². The Bertz CT molecular complexity index is 598. The standard InChI is InChI=1S/C18H24N2S/c1-13-6-8-16(10-14(13)2)21-17-9-7-15(11-19-17)12-20-18(3,4)5/h6-11,20H,12H2,1-5H3. The molecule has 1 heterocycles. The number of hydrogen-bond acceptors (Lipinski definition) is 3. The summed E-state index contributed by atoms with van der Waals surface area (Å²) in [6.45, 7) is 11.7. The zero-order valence-corrected chi connectivity index (χ0v) is 14.3. The van der Waals surface area contributed by atoms with Gasteiger partial charge in [-0.3, -0.25) is 0 Å². The van der Waals surface area contributed by atoms with Gasteiger partial charge in [0.05, 0.1) is 0 Å². The molecule has 0 aliphatic rings. The van der Waals surface area contributed by atoms with Gasteiger partial charge in [-0.25, -0.2) is 4.98 Å². The predicted molar refractivity (Wildman–Crippen MR) is 90.9 cm³/mol. The van der Waals surface area contributed by atoms with E-state index in [0.717, 1.165) is 11.6 Å². The van der Waals surface area contributed by atoms with Gasteiger partial charge in [0.15, 0.2) is 0 Å². The first-order chi connectivity index (χ1) is 9.83. The summed E-state index contributed by atoms with van der Waals surface area (Å²) in [4.78, 5) is 5.79. The minimum atomic E-state index is 0.132. The number of rotatable bonds is 4. The van der Waals surface area contributed by atoms with Crippen molar-refractivity contribution >= 4 is 11.8 Å². The second-order valence-corrected chi connectivity index (χ2v) is 7.55. The maximum Gasteiger partial charge on any atom is 0.101 e. The van der Waals surface area contributed by atoms with Gasteiger partial charge >= 0.3 is 0 Å². The van der Waals surface area contributed by atoms with Crippen molar-refractivity contribution in [3.63, 3.8) is 0 Å². The molecule has 21 heavy (non-hydrogen) atoms. The first-order valence-electron chi connectivity index (χ1n) is 7.28. The van der Waals surface area contributed by atoms with E-state index < -0.39 is 0 Å². The fraction of sp³-hybridized carbons (Fsp3) is 0.389. The minimum Gasteiger partial charge on any atom is -0.308 e. The third-order valence-corrected chi connectivity index (χ3v) is 4.26. The highest BCUT2D eigenvalue weighted by Crippen LogP contribution is 2.27. The fourth-order valence-corrected chi connectivity index (χ4v) is 2.70. The number of aromatic nitrogens is 1. The van der Waals surface area contributed by atoms with E-state index in [9.17, 15) is 0 Å². The molecule has 1 aromatic heterocycles. The number of aryl methyl sites for hydroxylation is 2. The zero-order chi connectivity index (χ0) is 15.5. The minimum absolute atomic E-state index is 0.132. The molecule has 2 nitrogen and oxygen atoms in total. The first-order valence-corrected chi connectivity index (χ1v) is 8.10. The van der Waals surface area contributed by atoms with Gasteiger partial charge in [0.1, 0.15) is 5.03 Å². The molecule has 1 aromatic carbocycles. The fourth-order valence-electron chi connectivity index (χ4n) is 1.84. The summed E-state index contributed by atoms with van der Waals surface area (Å²) in [6.07, 6.45) is 1.96. The average molecular weight is 300 g/mol. The summed E-state index contributed by atoms with van der Waals surface area (Å²) in [5.74, 6) is 0. The summed E-state index contributed by atoms with van der Waals surface area (Å²) in [7, 11) is 0. The van der Waals surface area contributed by atoms with Crippen LogP contribution in [0.3, 0.4) is 0 Å². The zero-order valence-electron chi connectivity index (χ0n) is 13.5. The van der Waals surface area contributed by atoms with Gasteiger partial charge in [-0.2, -0.15) is 0 Å². The van der Waals surface area contributed by atoms with Gasteiger partial charge < -0.3 is 5.32 Å². The Hall–Kier alpha value is -1.32. The molecule has 0 spiro atoms. The molecule has 0 aliphatic heterocycles. The summed E-state index contributed by atoms with van der Waals surface area (Å²) >= 11 is 1.71. The molecule has 0 atom stereocenters. The Labute approximate surface area is 132 Å². The van der Waals surface area contributed by atoms with Gasteiger partial charge in [0, 0.05) is 23.2 Å². The highest BCUT2D eigenvalue weighted by Gasteiger charge is 2.08. The molecule has 3 heteroatoms. The van der Waals surface area contributed by atoms with E-state index in [1.165, 1.54) is 21.6 Å². The summed E-state index contributed by atoms with van der Waals surface area (Å²) in [6, 6.07) is 10.8. The van der Waals surface area contributed by atoms with Crippen LogP contribution >= 0.6 is 11.8 Å². The Kier molecular flexibility index (Phi) is 5.07. The number of pyridine rings is 1. The Morgan fingerprint density at radius 3 is 2.38 bits per heavy atom. The lowest BCUT2D eigenvalue weighted by Gasteiger charge is -2.20. The normalized spacial score (nSPS) is 11.7. The second-order valence-electron chi connectivity index (χ2n) is 6.46. The lowest BCUT2D eigenvalue weighted by atomic mass is 10.1. The van der Waals surface area contributed by atoms with Crippen LogP contribution in [0.25, 0.3) is 0 Å². The van der Waals surface area contributed by atoms with Crippen molar-refractivity contribution in [1.29, 1.82) is 0 Å². The van der Waals surface area contributed by atoms with Gasteiger partial charge in [0.2, 0.25) is 0 Å². The van der Waals surface area contributed by atoms with E-state index in [-0.39, 0.29) is 5.54 Å². The van der Waals surface area contributed by atoms with Crippen molar-refractivity contribution in [3.8, 4) is 0 Å². The van der Waals surface area contributed by atoms with Gasteiger partial charge in [-0.05, 0) is 69.5 Å². The topological polar surface area (TPSA) is 24.9 Å². The molecule has 0 radical (unpaired) electrons. The summed E-state index contributed by atoms with van der Waals surface area (Å²) < 4.78 is 0. The first kappa shape index (κ1) is 16.1. The van der Waals surface area contributed by atoms with Crippen LogP contribution < -0.4 is 5.32 Å². The van der Waals surface area contributed by atoms with Crippen molar-refractivity contribution in [2.75, 3.05) is 0 Å². The molecule has 112 valence electrons. The van der Waals surface area contributed by atoms with Crippen molar-refractivity contribution in [2.24, 2.45) is 0 Å². The van der Waals surface area contributed by atoms with E-state index in [0.29, 0.717) is 0 Å². The van der Waals surface area contributed by atoms with Crippen molar-refractivity contribution < 1.29 is 0 Å². The molecule has 1 N–H and O–H groups in total. The average Bonchev–Trinajstić information content (AvgIpc) is 2.41. The van der Waals surface area contributed by atoms with E-state index >= 15 is 0 Å². The third-order valence-electron chi connectivity index (χ3n) is 3.32. The Balaban J connectivity index is 2.00. The van der Waals surface area contributed by atoms with Crippen LogP contribution in [0.1, 0.15) is 37.5 Å². The lowest BCUT2D eigenvalue weighted by Crippen LogP contribution is -2.35. The number of hydrogen-bond donors (Lipinski definition) is 1. The third kappa shape index (κ3) is 5.18. The molecule has 0 unspecified atom stereocenters. The van der Waals surface area contributed by atoms with Gasteiger partial charge in [0.25, 0.3) is 0 Å². The molecule has 2 rings (SSSR count). The summed E-state index contributed by atoms with van der Waals surface area (Å²) in [5.41, 5.74) is 4.00. The highest BCUT2D eigenvalue weighted by atomic mass is 32.2.